The van der Waals surface area contributed by atoms with Crippen molar-refractivity contribution in [3.05, 3.63) is 120 Å². The molecule has 0 aliphatic heterocycles. The topological polar surface area (TPSA) is 35.9 Å². The molecule has 4 aromatic carbocycles. The molecule has 7 aromatic rings. The summed E-state index contributed by atoms with van der Waals surface area (Å²) in [5.74, 6) is 2.51. The molecule has 0 spiro atoms. The quantitative estimate of drug-likeness (QED) is 0.180. The van der Waals surface area contributed by atoms with Crippen molar-refractivity contribution in [2.24, 2.45) is 7.05 Å². The fraction of sp³-hybridized carbons (Fsp3) is 0.302. The molecule has 3 heterocycles. The molecule has 7 rings (SSSR count). The minimum absolute atomic E-state index is 0.000833. The zero-order valence-electron chi connectivity index (χ0n) is 30.0. The van der Waals surface area contributed by atoms with E-state index in [1.165, 1.54) is 33.0 Å². The largest absolute Gasteiger partial charge is 0.457 e. The van der Waals surface area contributed by atoms with E-state index in [2.05, 4.69) is 180 Å². The Bertz CT molecular complexity index is 2330. The summed E-state index contributed by atoms with van der Waals surface area (Å²) in [5, 5.41) is 2.38. The number of aryl methyl sites for hydroxylation is 1. The lowest BCUT2D eigenvalue weighted by molar-refractivity contribution is -0.645. The van der Waals surface area contributed by atoms with Crippen LogP contribution in [-0.4, -0.2) is 14.1 Å². The maximum atomic E-state index is 6.79. The highest BCUT2D eigenvalue weighted by atomic mass is 16.5. The number of rotatable bonds is 4. The fourth-order valence-electron chi connectivity index (χ4n) is 6.60. The van der Waals surface area contributed by atoms with E-state index < -0.39 is 0 Å². The molecule has 3 aromatic heterocycles. The molecule has 5 nitrogen and oxygen atoms in total. The summed E-state index contributed by atoms with van der Waals surface area (Å²) in [7, 11) is 2.09. The molecular weight excluding hydrogens is 589 g/mol. The number of ether oxygens (including phenoxy) is 1. The van der Waals surface area contributed by atoms with Crippen LogP contribution in [0.1, 0.15) is 79.0 Å². The Morgan fingerprint density at radius 3 is 1.94 bits per heavy atom. The van der Waals surface area contributed by atoms with E-state index in [4.69, 9.17) is 9.72 Å². The molecule has 48 heavy (non-hydrogen) atoms. The van der Waals surface area contributed by atoms with Gasteiger partial charge in [-0.15, -0.1) is 0 Å². The number of para-hydroxylation sites is 2. The predicted octanol–water partition coefficient (Wildman–Crippen LogP) is 10.6. The maximum absolute atomic E-state index is 6.79. The number of nitrogens with zero attached hydrogens (tertiary/aromatic N) is 4. The lowest BCUT2D eigenvalue weighted by Gasteiger charge is -2.21. The van der Waals surface area contributed by atoms with Crippen LogP contribution in [0.15, 0.2) is 104 Å². The number of imidazole rings is 1. The molecule has 0 fully saturated rings. The van der Waals surface area contributed by atoms with Gasteiger partial charge in [0, 0.05) is 29.1 Å². The second-order valence-electron chi connectivity index (χ2n) is 16.3. The third-order valence-corrected chi connectivity index (χ3v) is 9.53. The monoisotopic (exact) mass is 635 g/mol. The average Bonchev–Trinajstić information content (AvgIpc) is 3.53. The van der Waals surface area contributed by atoms with Crippen molar-refractivity contribution in [2.45, 2.75) is 78.6 Å². The number of pyridine rings is 1. The SMILES string of the molecule is C[n+]1cn(-c2cc(Oc3ccc4c5ccc(C(C)(C)C)cc5n(-c5cc(C(C)(C)C)ccn5)c4c3)cc(C(C)(C)C)c2)c2ccccc21. The lowest BCUT2D eigenvalue weighted by atomic mass is 9.86. The minimum atomic E-state index is -0.0653. The summed E-state index contributed by atoms with van der Waals surface area (Å²) in [6.45, 7) is 20.3. The summed E-state index contributed by atoms with van der Waals surface area (Å²) < 4.78 is 13.5. The van der Waals surface area contributed by atoms with Crippen molar-refractivity contribution < 1.29 is 9.30 Å². The standard InChI is InChI=1S/C43H47N4O/c1-41(2,3)28-15-17-34-35-18-16-32(26-39(35)47(38(34)23-28)40-24-29(19-20-44-40)42(4,5)6)48-33-22-30(43(7,8)9)21-31(25-33)46-27-45(10)36-13-11-12-14-37(36)46/h11-27H,1-10H3/q+1. The number of fused-ring (bicyclic) bond motifs is 4. The van der Waals surface area contributed by atoms with Gasteiger partial charge < -0.3 is 4.74 Å². The van der Waals surface area contributed by atoms with E-state index in [1.807, 2.05) is 6.20 Å². The Morgan fingerprint density at radius 1 is 0.583 bits per heavy atom. The van der Waals surface area contributed by atoms with Crippen molar-refractivity contribution in [2.75, 3.05) is 0 Å². The zero-order chi connectivity index (χ0) is 34.2. The molecule has 0 saturated heterocycles. The summed E-state index contributed by atoms with van der Waals surface area (Å²) in [6, 6.07) is 32.8. The van der Waals surface area contributed by atoms with Gasteiger partial charge in [-0.1, -0.05) is 86.6 Å². The van der Waals surface area contributed by atoms with Crippen LogP contribution in [0.4, 0.5) is 0 Å². The Hall–Kier alpha value is -4.90. The van der Waals surface area contributed by atoms with Crippen LogP contribution in [-0.2, 0) is 23.3 Å². The molecule has 0 radical (unpaired) electrons. The molecule has 0 N–H and O–H groups in total. The van der Waals surface area contributed by atoms with E-state index in [-0.39, 0.29) is 16.2 Å². The molecule has 5 heteroatoms. The van der Waals surface area contributed by atoms with Crippen LogP contribution < -0.4 is 9.30 Å². The normalized spacial score (nSPS) is 12.8. The number of benzene rings is 4. The molecule has 0 saturated carbocycles. The van der Waals surface area contributed by atoms with Crippen molar-refractivity contribution in [1.29, 1.82) is 0 Å². The second kappa shape index (κ2) is 11.1. The van der Waals surface area contributed by atoms with Gasteiger partial charge in [0.15, 0.2) is 11.0 Å². The van der Waals surface area contributed by atoms with Gasteiger partial charge in [-0.25, -0.2) is 9.55 Å². The second-order valence-corrected chi connectivity index (χ2v) is 16.3. The van der Waals surface area contributed by atoms with Gasteiger partial charge in [0.05, 0.1) is 18.1 Å². The maximum Gasteiger partial charge on any atom is 0.249 e. The first kappa shape index (κ1) is 31.7. The van der Waals surface area contributed by atoms with Gasteiger partial charge in [0.1, 0.15) is 23.0 Å². The van der Waals surface area contributed by atoms with Crippen LogP contribution in [0.5, 0.6) is 11.5 Å². The number of hydrogen-bond acceptors (Lipinski definition) is 2. The van der Waals surface area contributed by atoms with Crippen molar-refractivity contribution in [1.82, 2.24) is 14.1 Å². The summed E-state index contributed by atoms with van der Waals surface area (Å²) in [6.07, 6.45) is 4.08. The van der Waals surface area contributed by atoms with E-state index in [1.54, 1.807) is 0 Å². The summed E-state index contributed by atoms with van der Waals surface area (Å²) in [4.78, 5) is 4.93. The predicted molar refractivity (Wildman–Crippen MR) is 199 cm³/mol. The number of hydrogen-bond donors (Lipinski definition) is 0. The van der Waals surface area contributed by atoms with E-state index in [0.29, 0.717) is 0 Å². The molecule has 0 atom stereocenters. The van der Waals surface area contributed by atoms with Gasteiger partial charge in [0.25, 0.3) is 0 Å². The summed E-state index contributed by atoms with van der Waals surface area (Å²) in [5.41, 5.74) is 9.33. The Labute approximate surface area is 284 Å². The molecular formula is C43H47N4O+. The van der Waals surface area contributed by atoms with E-state index in [0.717, 1.165) is 39.6 Å². The third kappa shape index (κ3) is 5.66. The number of aromatic nitrogens is 4. The van der Waals surface area contributed by atoms with Crippen LogP contribution in [0.25, 0.3) is 44.3 Å². The van der Waals surface area contributed by atoms with Gasteiger partial charge in [-0.3, -0.25) is 4.57 Å². The smallest absolute Gasteiger partial charge is 0.249 e. The van der Waals surface area contributed by atoms with Gasteiger partial charge in [-0.2, -0.15) is 4.57 Å². The fourth-order valence-corrected chi connectivity index (χ4v) is 6.60. The first-order valence-electron chi connectivity index (χ1n) is 16.9. The van der Waals surface area contributed by atoms with E-state index in [9.17, 15) is 0 Å². The molecule has 0 aliphatic rings. The molecule has 0 aliphatic carbocycles. The first-order chi connectivity index (χ1) is 22.6. The molecule has 244 valence electrons. The van der Waals surface area contributed by atoms with Gasteiger partial charge >= 0.3 is 0 Å². The Kier molecular flexibility index (Phi) is 7.32. The molecule has 0 amide bonds. The van der Waals surface area contributed by atoms with Crippen molar-refractivity contribution in [3.63, 3.8) is 0 Å². The van der Waals surface area contributed by atoms with Crippen LogP contribution >= 0.6 is 0 Å². The van der Waals surface area contributed by atoms with Crippen LogP contribution in [0.2, 0.25) is 0 Å². The third-order valence-electron chi connectivity index (χ3n) is 9.53. The Morgan fingerprint density at radius 2 is 1.23 bits per heavy atom. The summed E-state index contributed by atoms with van der Waals surface area (Å²) >= 11 is 0. The van der Waals surface area contributed by atoms with Gasteiger partial charge in [-0.05, 0) is 87.5 Å². The zero-order valence-corrected chi connectivity index (χ0v) is 30.0. The van der Waals surface area contributed by atoms with Crippen molar-refractivity contribution >= 4 is 32.8 Å². The van der Waals surface area contributed by atoms with Crippen molar-refractivity contribution in [3.8, 4) is 23.0 Å². The van der Waals surface area contributed by atoms with Crippen LogP contribution in [0, 0.1) is 0 Å². The lowest BCUT2D eigenvalue weighted by Crippen LogP contribution is -2.25. The van der Waals surface area contributed by atoms with Gasteiger partial charge in [0.2, 0.25) is 6.33 Å². The minimum Gasteiger partial charge on any atom is -0.457 e. The highest BCUT2D eigenvalue weighted by molar-refractivity contribution is 6.09. The first-order valence-corrected chi connectivity index (χ1v) is 16.9. The Balaban J connectivity index is 1.41. The highest BCUT2D eigenvalue weighted by Gasteiger charge is 2.23. The van der Waals surface area contributed by atoms with E-state index >= 15 is 0 Å². The molecule has 0 unspecified atom stereocenters. The highest BCUT2D eigenvalue weighted by Crippen LogP contribution is 2.39. The molecule has 0 bridgehead atoms. The van der Waals surface area contributed by atoms with Crippen LogP contribution in [0.3, 0.4) is 0 Å². The average molecular weight is 636 g/mol.